The summed E-state index contributed by atoms with van der Waals surface area (Å²) < 4.78 is 6.27. The number of carbonyl (C=O) groups excluding carboxylic acids is 2. The lowest BCUT2D eigenvalue weighted by Crippen LogP contribution is -2.62. The Hall–Kier alpha value is -1.22. The molecule has 6 rings (SSSR count). The van der Waals surface area contributed by atoms with E-state index in [2.05, 4.69) is 39.9 Å². The molecule has 2 spiro atoms. The van der Waals surface area contributed by atoms with E-state index in [1.807, 2.05) is 0 Å². The Morgan fingerprint density at radius 1 is 0.867 bits per heavy atom. The monoisotopic (exact) mass is 631 g/mol. The van der Waals surface area contributed by atoms with Gasteiger partial charge in [-0.2, -0.15) is 19.6 Å². The van der Waals surface area contributed by atoms with E-state index in [1.54, 1.807) is 6.92 Å². The van der Waals surface area contributed by atoms with Gasteiger partial charge in [0.15, 0.2) is 0 Å². The first-order valence-corrected chi connectivity index (χ1v) is 18.6. The topological polar surface area (TPSA) is 92.3 Å². The molecular weight excluding hydrogens is 570 g/mol. The Balaban J connectivity index is 1.15. The molecule has 0 bridgehead atoms. The Bertz CT molecular complexity index is 1060. The van der Waals surface area contributed by atoms with Crippen molar-refractivity contribution in [1.82, 2.24) is 5.32 Å². The molecule has 256 valence electrons. The fourth-order valence-electron chi connectivity index (χ4n) is 11.5. The Morgan fingerprint density at radius 3 is 2.22 bits per heavy atom. The molecule has 1 aliphatic heterocycles. The van der Waals surface area contributed by atoms with E-state index in [1.165, 1.54) is 25.7 Å². The summed E-state index contributed by atoms with van der Waals surface area (Å²) in [5, 5.41) is 3.06. The van der Waals surface area contributed by atoms with Crippen LogP contribution in [0.15, 0.2) is 0 Å². The van der Waals surface area contributed by atoms with Crippen LogP contribution in [0.25, 0.3) is 0 Å². The zero-order valence-corrected chi connectivity index (χ0v) is 29.0. The van der Waals surface area contributed by atoms with Crippen molar-refractivity contribution in [3.63, 3.8) is 0 Å². The molecule has 0 aromatic heterocycles. The second-order valence-corrected chi connectivity index (χ2v) is 16.7. The third-order valence-corrected chi connectivity index (χ3v) is 14.3. The van der Waals surface area contributed by atoms with Crippen molar-refractivity contribution in [2.45, 2.75) is 162 Å². The maximum atomic E-state index is 12.6. The summed E-state index contributed by atoms with van der Waals surface area (Å²) in [5.41, 5.74) is 0.330. The lowest BCUT2D eigenvalue weighted by atomic mass is 9.43. The first-order valence-electron chi connectivity index (χ1n) is 18.6. The van der Waals surface area contributed by atoms with Crippen molar-refractivity contribution < 1.29 is 33.9 Å². The van der Waals surface area contributed by atoms with Crippen molar-refractivity contribution in [3.05, 3.63) is 0 Å². The minimum absolute atomic E-state index is 0.0969. The van der Waals surface area contributed by atoms with E-state index < -0.39 is 11.6 Å². The number of amides is 1. The van der Waals surface area contributed by atoms with Crippen LogP contribution >= 0.6 is 0 Å². The Labute approximate surface area is 271 Å². The molecule has 0 unspecified atom stereocenters. The zero-order valence-electron chi connectivity index (χ0n) is 29.0. The van der Waals surface area contributed by atoms with Crippen molar-refractivity contribution >= 4 is 11.9 Å². The number of hydrogen-bond acceptors (Lipinski definition) is 7. The van der Waals surface area contributed by atoms with Gasteiger partial charge >= 0.3 is 5.97 Å². The van der Waals surface area contributed by atoms with E-state index in [4.69, 9.17) is 24.3 Å². The summed E-state index contributed by atoms with van der Waals surface area (Å²) >= 11 is 0. The highest BCUT2D eigenvalue weighted by molar-refractivity contribution is 5.75. The van der Waals surface area contributed by atoms with Crippen LogP contribution in [-0.2, 0) is 33.9 Å². The van der Waals surface area contributed by atoms with Gasteiger partial charge in [-0.1, -0.05) is 41.0 Å². The minimum atomic E-state index is -0.898. The van der Waals surface area contributed by atoms with Gasteiger partial charge in [0.2, 0.25) is 17.5 Å². The van der Waals surface area contributed by atoms with Gasteiger partial charge in [0.25, 0.3) is 0 Å². The van der Waals surface area contributed by atoms with Crippen molar-refractivity contribution in [3.8, 4) is 0 Å². The predicted molar refractivity (Wildman–Crippen MR) is 170 cm³/mol. The minimum Gasteiger partial charge on any atom is -0.462 e. The molecule has 6 aliphatic rings. The van der Waals surface area contributed by atoms with Crippen LogP contribution in [0.1, 0.15) is 144 Å². The standard InChI is InChI=1S/C37H61NO7/c1-7-21-38-32(40)12-9-24(3)28-10-11-29-33-30(15-16-35(28,29)6)34(5)19-20-37(23-27(34)22-31(33)41-25(4)39)44-42-36(43-45-37)17-13-26(8-2)14-18-36/h24,26-31,33H,7-23H2,1-6H3,(H,38,40)/t24-,26?,27-,28-,29+,30+,31-,33+,34+,35-,36?,37?/m1/s1. The van der Waals surface area contributed by atoms with Gasteiger partial charge in [-0.3, -0.25) is 9.59 Å². The average molecular weight is 632 g/mol. The molecule has 0 aromatic rings. The number of carbonyl (C=O) groups is 2. The highest BCUT2D eigenvalue weighted by Crippen LogP contribution is 2.69. The molecule has 9 atom stereocenters. The fraction of sp³-hybridized carbons (Fsp3) is 0.946. The molecule has 8 heteroatoms. The number of ether oxygens (including phenoxy) is 1. The van der Waals surface area contributed by atoms with Crippen LogP contribution in [-0.4, -0.2) is 36.1 Å². The first kappa shape index (κ1) is 33.7. The van der Waals surface area contributed by atoms with Crippen LogP contribution in [0.4, 0.5) is 0 Å². The van der Waals surface area contributed by atoms with Crippen LogP contribution in [0.2, 0.25) is 0 Å². The van der Waals surface area contributed by atoms with Gasteiger partial charge in [0.05, 0.1) is 0 Å². The SMILES string of the molecule is CCCNC(=O)CC[C@@H](C)[C@H]1CC[C@H]2[C@@H]3[C@H](OC(C)=O)C[C@@H]4CC5(CC[C@]4(C)[C@H]3CC[C@]12C)OOC1(CCC(CC)CC1)OO5. The number of esters is 1. The molecule has 1 N–H and O–H groups in total. The normalized spacial score (nSPS) is 46.6. The highest BCUT2D eigenvalue weighted by atomic mass is 17.4. The molecule has 0 aromatic carbocycles. The van der Waals surface area contributed by atoms with Crippen molar-refractivity contribution in [1.29, 1.82) is 0 Å². The highest BCUT2D eigenvalue weighted by Gasteiger charge is 2.66. The van der Waals surface area contributed by atoms with Gasteiger partial charge < -0.3 is 10.1 Å². The van der Waals surface area contributed by atoms with Gasteiger partial charge in [-0.15, -0.1) is 0 Å². The molecule has 5 aliphatic carbocycles. The summed E-state index contributed by atoms with van der Waals surface area (Å²) in [4.78, 5) is 49.6. The molecule has 6 fully saturated rings. The van der Waals surface area contributed by atoms with Gasteiger partial charge in [0, 0.05) is 51.5 Å². The summed E-state index contributed by atoms with van der Waals surface area (Å²) in [5.74, 6) is 1.82. The largest absolute Gasteiger partial charge is 0.462 e. The molecule has 8 nitrogen and oxygen atoms in total. The van der Waals surface area contributed by atoms with E-state index >= 15 is 0 Å². The molecule has 5 saturated carbocycles. The van der Waals surface area contributed by atoms with E-state index in [-0.39, 0.29) is 34.7 Å². The molecule has 1 saturated heterocycles. The van der Waals surface area contributed by atoms with Crippen LogP contribution in [0, 0.1) is 52.3 Å². The number of rotatable bonds is 8. The maximum absolute atomic E-state index is 12.6. The van der Waals surface area contributed by atoms with Gasteiger partial charge in [-0.25, -0.2) is 0 Å². The number of hydrogen-bond donors (Lipinski definition) is 1. The second-order valence-electron chi connectivity index (χ2n) is 16.7. The third kappa shape index (κ3) is 6.24. The number of fused-ring (bicyclic) bond motifs is 5. The Kier molecular flexibility index (Phi) is 9.73. The molecule has 1 amide bonds. The second kappa shape index (κ2) is 13.0. The van der Waals surface area contributed by atoms with E-state index in [0.717, 1.165) is 76.7 Å². The summed E-state index contributed by atoms with van der Waals surface area (Å²) in [7, 11) is 0. The lowest BCUT2D eigenvalue weighted by molar-refractivity contribution is -0.665. The van der Waals surface area contributed by atoms with Crippen LogP contribution < -0.4 is 5.32 Å². The smallest absolute Gasteiger partial charge is 0.302 e. The Morgan fingerprint density at radius 2 is 1.56 bits per heavy atom. The summed E-state index contributed by atoms with van der Waals surface area (Å²) in [6.07, 6.45) is 15.4. The average Bonchev–Trinajstić information content (AvgIpc) is 3.38. The fourth-order valence-corrected chi connectivity index (χ4v) is 11.5. The molecule has 45 heavy (non-hydrogen) atoms. The molecule has 1 heterocycles. The van der Waals surface area contributed by atoms with Gasteiger partial charge in [0.1, 0.15) is 6.10 Å². The lowest BCUT2D eigenvalue weighted by Gasteiger charge is -2.64. The van der Waals surface area contributed by atoms with E-state index in [0.29, 0.717) is 42.4 Å². The number of nitrogens with one attached hydrogen (secondary N) is 1. The summed E-state index contributed by atoms with van der Waals surface area (Å²) in [6.45, 7) is 14.1. The third-order valence-electron chi connectivity index (χ3n) is 14.3. The van der Waals surface area contributed by atoms with Gasteiger partial charge in [-0.05, 0) is 111 Å². The zero-order chi connectivity index (χ0) is 32.0. The summed E-state index contributed by atoms with van der Waals surface area (Å²) in [6, 6.07) is 0. The molecule has 0 radical (unpaired) electrons. The quantitative estimate of drug-likeness (QED) is 0.214. The van der Waals surface area contributed by atoms with Crippen molar-refractivity contribution in [2.75, 3.05) is 6.54 Å². The first-order chi connectivity index (χ1) is 21.5. The van der Waals surface area contributed by atoms with Crippen LogP contribution in [0.3, 0.4) is 0 Å². The predicted octanol–water partition coefficient (Wildman–Crippen LogP) is 8.03. The maximum Gasteiger partial charge on any atom is 0.302 e. The van der Waals surface area contributed by atoms with E-state index in [9.17, 15) is 9.59 Å². The van der Waals surface area contributed by atoms with Crippen molar-refractivity contribution in [2.24, 2.45) is 52.3 Å². The molecular formula is C37H61NO7. The van der Waals surface area contributed by atoms with Crippen LogP contribution in [0.5, 0.6) is 0 Å².